The lowest BCUT2D eigenvalue weighted by molar-refractivity contribution is -0.0494. The molecule has 0 unspecified atom stereocenters. The molecule has 0 amide bonds. The molecule has 0 radical (unpaired) electrons. The average Bonchev–Trinajstić information content (AvgIpc) is 1.58. The Morgan fingerprint density at radius 1 is 0.376 bits per heavy atom. The van der Waals surface area contributed by atoms with Gasteiger partial charge in [-0.2, -0.15) is 52.4 Å². The van der Waals surface area contributed by atoms with Crippen LogP contribution < -0.4 is 14.2 Å². The second kappa shape index (κ2) is 42.3. The summed E-state index contributed by atoms with van der Waals surface area (Å²) >= 11 is 27.5. The van der Waals surface area contributed by atoms with E-state index in [-0.39, 0.29) is 59.7 Å². The van der Waals surface area contributed by atoms with E-state index < -0.39 is 56.6 Å². The largest absolute Gasteiger partial charge is 0.511 e. The highest BCUT2D eigenvalue weighted by atomic mass is 35.5. The van der Waals surface area contributed by atoms with Crippen LogP contribution in [0.15, 0.2) is 178 Å². The summed E-state index contributed by atoms with van der Waals surface area (Å²) in [5.74, 6) is 2.22. The van der Waals surface area contributed by atoms with Crippen molar-refractivity contribution in [1.29, 1.82) is 0 Å². The molecule has 21 rings (SSSR count). The molecule has 3 N–H and O–H groups in total. The molecule has 18 aromatic rings. The molecule has 42 heteroatoms. The molecule has 774 valence electrons. The van der Waals surface area contributed by atoms with Crippen molar-refractivity contribution in [3.8, 4) is 50.6 Å². The fourth-order valence-corrected chi connectivity index (χ4v) is 26.6. The minimum atomic E-state index is -5.90. The Labute approximate surface area is 888 Å². The molecule has 0 aliphatic carbocycles. The summed E-state index contributed by atoms with van der Waals surface area (Å²) in [7, 11) is 1.22. The van der Waals surface area contributed by atoms with Gasteiger partial charge in [0.25, 0.3) is 0 Å². The topological polar surface area (TPSA) is 336 Å². The minimum absolute atomic E-state index is 0.00796. The number of hydrogen-bond acceptors (Lipinski definition) is 20. The first-order valence-corrected chi connectivity index (χ1v) is 56.3. The molecular formula is C107H105Cl3F3N17O13S6. The zero-order valence-electron chi connectivity index (χ0n) is 83.6. The van der Waals surface area contributed by atoms with Gasteiger partial charge >= 0.3 is 33.4 Å². The first-order chi connectivity index (χ1) is 71.1. The van der Waals surface area contributed by atoms with Gasteiger partial charge in [-0.1, -0.05) is 108 Å². The van der Waals surface area contributed by atoms with Crippen LogP contribution in [0.5, 0.6) is 17.2 Å². The second-order valence-corrected chi connectivity index (χ2v) is 46.5. The molecule has 0 spiro atoms. The zero-order valence-corrected chi connectivity index (χ0v) is 90.7. The van der Waals surface area contributed by atoms with Crippen LogP contribution in [-0.4, -0.2) is 163 Å². The number of nitrogens with zero attached hydrogens (tertiary/aromatic N) is 17. The first kappa shape index (κ1) is 105. The number of carbonyl (C=O) groups is 3. The Balaban J connectivity index is 0.000000141. The van der Waals surface area contributed by atoms with E-state index in [1.165, 1.54) is 31.7 Å². The highest BCUT2D eigenvalue weighted by Gasteiger charge is 2.51. The zero-order chi connectivity index (χ0) is 106. The van der Waals surface area contributed by atoms with E-state index in [2.05, 4.69) is 57.8 Å². The van der Waals surface area contributed by atoms with E-state index in [0.29, 0.717) is 166 Å². The number of fused-ring (bicyclic) bond motifs is 24. The molecule has 30 nitrogen and oxygen atoms in total. The van der Waals surface area contributed by atoms with E-state index in [0.717, 1.165) is 126 Å². The van der Waals surface area contributed by atoms with E-state index in [1.807, 2.05) is 157 Å². The van der Waals surface area contributed by atoms with Crippen LogP contribution in [0.4, 0.5) is 13.2 Å². The highest BCUT2D eigenvalue weighted by Crippen LogP contribution is 2.50. The molecule has 149 heavy (non-hydrogen) atoms. The number of halogens is 6. The third-order valence-electron chi connectivity index (χ3n) is 27.8. The number of hydrogen-bond donors (Lipinski definition) is 3. The van der Waals surface area contributed by atoms with Gasteiger partial charge in [0.1, 0.15) is 34.3 Å². The number of alkyl halides is 3. The van der Waals surface area contributed by atoms with Crippen molar-refractivity contribution in [1.82, 2.24) is 81.0 Å². The minimum Gasteiger partial charge on any atom is -0.493 e. The van der Waals surface area contributed by atoms with Gasteiger partial charge < -0.3 is 43.2 Å². The highest BCUT2D eigenvalue weighted by molar-refractivity contribution is 7.99. The predicted octanol–water partition coefficient (Wildman–Crippen LogP) is 23.2. The fourth-order valence-electron chi connectivity index (χ4n) is 20.4. The normalized spacial score (nSPS) is 14.7. The van der Waals surface area contributed by atoms with Crippen molar-refractivity contribution < 1.29 is 73.9 Å². The predicted molar refractivity (Wildman–Crippen MR) is 581 cm³/mol. The molecule has 24 bridgehead atoms. The molecule has 3 aliphatic rings. The summed E-state index contributed by atoms with van der Waals surface area (Å²) < 4.78 is 132. The molecular weight excluding hydrogens is 2090 g/mol. The molecule has 3 aliphatic heterocycles. The molecule has 0 saturated carbocycles. The van der Waals surface area contributed by atoms with Gasteiger partial charge in [-0.25, -0.2) is 31.2 Å². The van der Waals surface area contributed by atoms with Crippen LogP contribution >= 0.6 is 81.9 Å². The standard InChI is InChI=1S/C36H34ClF3N6O5S2.C36H37ClN6O5S2.C35H34ClN5O3S2/c1-20-31-29-11-10-27(37)33(31)32-21(2)43(3)42-28(32)18-45(53(49,50)36(38,39)40)17-23-15-24(44(4)41-23)19-52-25-14-22-8-5-6-9-26(22)30(16-25)51-13-7-12-46(29)34(20)35(47)48;1-21-32-30-12-11-28(37)34(32)33-22(2)40(3)39-29(33)19-42(50(5,46)47)18-24-16-25(41(4)38-24)20-49-26-15-23-9-6-7-10-27(23)31(17-26)48-14-8-13-43(30)35(21)36(44)45;1-20-31-29-11-10-27(36)33(31)32-21(2)39(3)38-28(32)19-45-17-23-15-24(40(4)37-23)18-46-25-14-22-8-5-6-9-26(22)30(16-25)44-13-7-12-41(29)34(20)35(42)43/h5-6,8-11,14-16H,7,12-13,17-19H2,1-4H3,(H,47,48);6-7,9-12,15-17H,8,13-14,18-20H2,1-5H3,(H,44,45);5-6,8-11,14-16H,7,12-13,17-19H2,1-4H3,(H,42,43). The number of thioether (sulfide) groups is 4. The lowest BCUT2D eigenvalue weighted by Crippen LogP contribution is -2.40. The van der Waals surface area contributed by atoms with Gasteiger partial charge in [-0.15, -0.1) is 47.0 Å². The smallest absolute Gasteiger partial charge is 0.493 e. The summed E-state index contributed by atoms with van der Waals surface area (Å²) in [4.78, 5) is 41.3. The van der Waals surface area contributed by atoms with Gasteiger partial charge in [0.05, 0.1) is 86.4 Å². The second-order valence-electron chi connectivity index (χ2n) is 37.2. The van der Waals surface area contributed by atoms with Crippen LogP contribution in [0.3, 0.4) is 0 Å². The quantitative estimate of drug-likeness (QED) is 0.144. The number of rotatable bonds is 5. The van der Waals surface area contributed by atoms with Gasteiger partial charge in [0, 0.05) is 237 Å². The Kier molecular flexibility index (Phi) is 29.7. The van der Waals surface area contributed by atoms with E-state index in [1.54, 1.807) is 115 Å². The Bertz CT molecular complexity index is 8700. The molecule has 12 heterocycles. The number of aromatic carboxylic acids is 3. The number of sulfonamides is 2. The Morgan fingerprint density at radius 3 is 1.03 bits per heavy atom. The van der Waals surface area contributed by atoms with E-state index in [4.69, 9.17) is 64.3 Å². The lowest BCUT2D eigenvalue weighted by atomic mass is 9.96. The SMILES string of the molecule is Cc1c(C(=O)O)n2c3ccc(Cl)c(c13)-c1c(nn(C)c1C)CN(S(=O)(=O)C(F)(F)F)Cc1cc(n(C)n1)CSc1cc(c3ccccc3c1)OCCC2.Cc1c(C(=O)O)n2c3ccc(Cl)c(c13)-c1c(nn(C)c1C)CN(S(C)(=O)=O)Cc1cc(n(C)n1)CSc1cc(c3ccccc3c1)OCCC2.Cc1c(C(=O)O)n2c3ccc(Cl)c(c13)-c1c(nn(C)c1C)CSCc1cc(n(C)n1)CSc1cc(c3ccccc3c1)OCCC2. The van der Waals surface area contributed by atoms with Crippen LogP contribution in [0, 0.1) is 41.5 Å². The van der Waals surface area contributed by atoms with Crippen LogP contribution in [0.25, 0.3) is 98.4 Å². The van der Waals surface area contributed by atoms with Crippen molar-refractivity contribution in [2.75, 3.05) is 26.1 Å². The van der Waals surface area contributed by atoms with E-state index >= 15 is 0 Å². The lowest BCUT2D eigenvalue weighted by Gasteiger charge is -2.22. The summed E-state index contributed by atoms with van der Waals surface area (Å²) in [5, 5.41) is 68.6. The Morgan fingerprint density at radius 2 is 0.691 bits per heavy atom. The third-order valence-corrected chi connectivity index (χ3v) is 35.4. The number of aryl methyl sites for hydroxylation is 12. The maximum Gasteiger partial charge on any atom is 0.511 e. The van der Waals surface area contributed by atoms with Crippen LogP contribution in [0.1, 0.15) is 136 Å². The molecule has 9 aromatic carbocycles. The fraction of sp³-hybridized carbons (Fsp3) is 0.299. The first-order valence-electron chi connectivity index (χ1n) is 47.8. The van der Waals surface area contributed by atoms with Crippen LogP contribution in [-0.2, 0) is 137 Å². The van der Waals surface area contributed by atoms with Gasteiger partial charge in [-0.05, 0) is 185 Å². The van der Waals surface area contributed by atoms with Crippen LogP contribution in [0.2, 0.25) is 15.1 Å². The maximum absolute atomic E-state index is 14.3. The number of ether oxygens (including phenoxy) is 3. The monoisotopic (exact) mass is 2190 g/mol. The van der Waals surface area contributed by atoms with E-state index in [9.17, 15) is 59.7 Å². The van der Waals surface area contributed by atoms with Crippen molar-refractivity contribution in [2.45, 2.75) is 156 Å². The number of carboxylic acids is 3. The number of benzene rings is 9. The van der Waals surface area contributed by atoms with Gasteiger partial charge in [0.15, 0.2) is 0 Å². The maximum atomic E-state index is 14.3. The van der Waals surface area contributed by atoms with Crippen molar-refractivity contribution >= 4 is 185 Å². The summed E-state index contributed by atoms with van der Waals surface area (Å²) in [6.07, 6.45) is 2.79. The van der Waals surface area contributed by atoms with Crippen molar-refractivity contribution in [2.24, 2.45) is 42.3 Å². The third kappa shape index (κ3) is 20.5. The Hall–Kier alpha value is -12.7. The average molecular weight is 2190 g/mol. The molecule has 0 saturated heterocycles. The summed E-state index contributed by atoms with van der Waals surface area (Å²) in [6.45, 7) is 11.7. The van der Waals surface area contributed by atoms with Gasteiger partial charge in [0.2, 0.25) is 10.0 Å². The number of aromatic nitrogens is 15. The molecule has 0 atom stereocenters. The van der Waals surface area contributed by atoms with Crippen molar-refractivity contribution in [3.63, 3.8) is 0 Å². The van der Waals surface area contributed by atoms with Crippen molar-refractivity contribution in [3.05, 3.63) is 281 Å². The number of carboxylic acid groups (broad SMARTS) is 3. The summed E-state index contributed by atoms with van der Waals surface area (Å²) in [6, 6.07) is 53.0. The summed E-state index contributed by atoms with van der Waals surface area (Å²) in [5.41, 5.74) is 10.5. The molecule has 0 fully saturated rings. The molecule has 9 aromatic heterocycles. The van der Waals surface area contributed by atoms with Gasteiger partial charge in [-0.3, -0.25) is 28.1 Å².